The molecule has 84 valence electrons. The summed E-state index contributed by atoms with van der Waals surface area (Å²) in [4.78, 5) is 0. The molecule has 1 aromatic heterocycles. The largest absolute Gasteiger partial charge is 0.494 e. The van der Waals surface area contributed by atoms with Crippen LogP contribution in [0.4, 0.5) is 10.2 Å². The van der Waals surface area contributed by atoms with Gasteiger partial charge in [-0.1, -0.05) is 0 Å². The standard InChI is InChI=1S/C11H12FN3O/c1-6-10(14-15-11(6)13)7-3-4-9(16-2)8(12)5-7/h3-5H,1-2H3,(H3,13,14,15). The highest BCUT2D eigenvalue weighted by Gasteiger charge is 2.10. The highest BCUT2D eigenvalue weighted by Crippen LogP contribution is 2.27. The number of H-pyrrole nitrogens is 1. The van der Waals surface area contributed by atoms with Crippen LogP contribution in [0.25, 0.3) is 11.3 Å². The molecule has 0 amide bonds. The first-order chi connectivity index (χ1) is 7.63. The summed E-state index contributed by atoms with van der Waals surface area (Å²) in [5, 5.41) is 6.64. The third kappa shape index (κ3) is 1.60. The van der Waals surface area contributed by atoms with Crippen molar-refractivity contribution >= 4 is 5.82 Å². The van der Waals surface area contributed by atoms with Gasteiger partial charge in [-0.2, -0.15) is 5.10 Å². The number of anilines is 1. The molecule has 0 saturated carbocycles. The molecular weight excluding hydrogens is 209 g/mol. The number of hydrogen-bond donors (Lipinski definition) is 2. The summed E-state index contributed by atoms with van der Waals surface area (Å²) in [5.74, 6) is 0.229. The van der Waals surface area contributed by atoms with E-state index in [0.29, 0.717) is 11.4 Å². The molecule has 0 radical (unpaired) electrons. The zero-order valence-corrected chi connectivity index (χ0v) is 9.04. The van der Waals surface area contributed by atoms with E-state index in [2.05, 4.69) is 10.2 Å². The monoisotopic (exact) mass is 221 g/mol. The minimum atomic E-state index is -0.410. The molecule has 16 heavy (non-hydrogen) atoms. The van der Waals surface area contributed by atoms with E-state index >= 15 is 0 Å². The van der Waals surface area contributed by atoms with Gasteiger partial charge >= 0.3 is 0 Å². The molecule has 2 aromatic rings. The first-order valence-electron chi connectivity index (χ1n) is 4.78. The number of nitrogen functional groups attached to an aromatic ring is 1. The van der Waals surface area contributed by atoms with Gasteiger partial charge in [0, 0.05) is 11.1 Å². The second-order valence-corrected chi connectivity index (χ2v) is 3.46. The Kier molecular flexibility index (Phi) is 2.52. The van der Waals surface area contributed by atoms with Gasteiger partial charge in [0.05, 0.1) is 12.8 Å². The van der Waals surface area contributed by atoms with Crippen LogP contribution in [0, 0.1) is 12.7 Å². The maximum absolute atomic E-state index is 13.5. The molecule has 0 aliphatic rings. The number of halogens is 1. The highest BCUT2D eigenvalue weighted by molar-refractivity contribution is 5.68. The van der Waals surface area contributed by atoms with Crippen LogP contribution in [-0.4, -0.2) is 17.3 Å². The van der Waals surface area contributed by atoms with Crippen molar-refractivity contribution in [2.45, 2.75) is 6.92 Å². The van der Waals surface area contributed by atoms with Gasteiger partial charge in [-0.05, 0) is 25.1 Å². The molecule has 0 unspecified atom stereocenters. The summed E-state index contributed by atoms with van der Waals surface area (Å²) in [5.41, 5.74) is 7.84. The van der Waals surface area contributed by atoms with E-state index in [9.17, 15) is 4.39 Å². The molecule has 2 rings (SSSR count). The van der Waals surface area contributed by atoms with Gasteiger partial charge in [0.25, 0.3) is 0 Å². The Morgan fingerprint density at radius 3 is 2.69 bits per heavy atom. The molecular formula is C11H12FN3O. The molecule has 0 atom stereocenters. The number of hydrogen-bond acceptors (Lipinski definition) is 3. The Balaban J connectivity index is 2.49. The Bertz CT molecular complexity index is 522. The van der Waals surface area contributed by atoms with Crippen LogP contribution in [0.3, 0.4) is 0 Å². The van der Waals surface area contributed by atoms with Crippen molar-refractivity contribution in [3.8, 4) is 17.0 Å². The predicted molar refractivity (Wildman–Crippen MR) is 59.7 cm³/mol. The number of aromatic nitrogens is 2. The van der Waals surface area contributed by atoms with Crippen LogP contribution < -0.4 is 10.5 Å². The summed E-state index contributed by atoms with van der Waals surface area (Å²) in [6, 6.07) is 4.71. The van der Waals surface area contributed by atoms with E-state index in [0.717, 1.165) is 11.3 Å². The van der Waals surface area contributed by atoms with E-state index in [1.165, 1.54) is 13.2 Å². The van der Waals surface area contributed by atoms with Gasteiger partial charge in [-0.25, -0.2) is 4.39 Å². The number of nitrogens with zero attached hydrogens (tertiary/aromatic N) is 1. The van der Waals surface area contributed by atoms with E-state index < -0.39 is 5.82 Å². The van der Waals surface area contributed by atoms with Crippen LogP contribution in [0.5, 0.6) is 5.75 Å². The van der Waals surface area contributed by atoms with Gasteiger partial charge in [0.2, 0.25) is 0 Å². The second kappa shape index (κ2) is 3.84. The van der Waals surface area contributed by atoms with Crippen molar-refractivity contribution in [3.05, 3.63) is 29.6 Å². The van der Waals surface area contributed by atoms with Gasteiger partial charge < -0.3 is 10.5 Å². The van der Waals surface area contributed by atoms with Crippen LogP contribution >= 0.6 is 0 Å². The summed E-state index contributed by atoms with van der Waals surface area (Å²) in [6.07, 6.45) is 0. The fourth-order valence-corrected chi connectivity index (χ4v) is 1.51. The summed E-state index contributed by atoms with van der Waals surface area (Å²) in [7, 11) is 1.43. The number of aromatic amines is 1. The maximum Gasteiger partial charge on any atom is 0.165 e. The van der Waals surface area contributed by atoms with E-state index in [1.807, 2.05) is 6.92 Å². The van der Waals surface area contributed by atoms with Crippen molar-refractivity contribution in [1.29, 1.82) is 0 Å². The number of ether oxygens (including phenoxy) is 1. The molecule has 3 N–H and O–H groups in total. The zero-order valence-electron chi connectivity index (χ0n) is 9.04. The van der Waals surface area contributed by atoms with Crippen LogP contribution in [0.2, 0.25) is 0 Å². The van der Waals surface area contributed by atoms with Gasteiger partial charge in [0.15, 0.2) is 11.6 Å². The average Bonchev–Trinajstić information content (AvgIpc) is 2.60. The van der Waals surface area contributed by atoms with Gasteiger partial charge in [-0.15, -0.1) is 0 Å². The van der Waals surface area contributed by atoms with Crippen molar-refractivity contribution in [2.75, 3.05) is 12.8 Å². The zero-order chi connectivity index (χ0) is 11.7. The molecule has 4 nitrogen and oxygen atoms in total. The van der Waals surface area contributed by atoms with E-state index in [1.54, 1.807) is 12.1 Å². The molecule has 0 aliphatic heterocycles. The highest BCUT2D eigenvalue weighted by atomic mass is 19.1. The van der Waals surface area contributed by atoms with E-state index in [-0.39, 0.29) is 5.75 Å². The number of rotatable bonds is 2. The number of nitrogens with one attached hydrogen (secondary N) is 1. The van der Waals surface area contributed by atoms with Crippen molar-refractivity contribution in [2.24, 2.45) is 0 Å². The lowest BCUT2D eigenvalue weighted by Gasteiger charge is -2.04. The molecule has 0 aliphatic carbocycles. The number of methoxy groups -OCH3 is 1. The molecule has 0 bridgehead atoms. The maximum atomic E-state index is 13.5. The van der Waals surface area contributed by atoms with Crippen molar-refractivity contribution in [3.63, 3.8) is 0 Å². The third-order valence-electron chi connectivity index (χ3n) is 2.49. The number of benzene rings is 1. The summed E-state index contributed by atoms with van der Waals surface area (Å²) < 4.78 is 18.3. The Morgan fingerprint density at radius 2 is 2.19 bits per heavy atom. The Hall–Kier alpha value is -2.04. The van der Waals surface area contributed by atoms with Gasteiger partial charge in [-0.3, -0.25) is 5.10 Å². The average molecular weight is 221 g/mol. The third-order valence-corrected chi connectivity index (χ3v) is 2.49. The van der Waals surface area contributed by atoms with E-state index in [4.69, 9.17) is 10.5 Å². The minimum Gasteiger partial charge on any atom is -0.494 e. The summed E-state index contributed by atoms with van der Waals surface area (Å²) in [6.45, 7) is 1.83. The molecule has 0 saturated heterocycles. The molecule has 1 heterocycles. The molecule has 1 aromatic carbocycles. The second-order valence-electron chi connectivity index (χ2n) is 3.46. The number of nitrogens with two attached hydrogens (primary N) is 1. The molecule has 5 heteroatoms. The topological polar surface area (TPSA) is 63.9 Å². The van der Waals surface area contributed by atoms with Crippen molar-refractivity contribution in [1.82, 2.24) is 10.2 Å². The van der Waals surface area contributed by atoms with Crippen molar-refractivity contribution < 1.29 is 9.13 Å². The normalized spacial score (nSPS) is 10.4. The Labute approximate surface area is 92.2 Å². The SMILES string of the molecule is COc1ccc(-c2[nH]nc(N)c2C)cc1F. The fraction of sp³-hybridized carbons (Fsp3) is 0.182. The minimum absolute atomic E-state index is 0.217. The lowest BCUT2D eigenvalue weighted by atomic mass is 10.1. The predicted octanol–water partition coefficient (Wildman–Crippen LogP) is 2.12. The van der Waals surface area contributed by atoms with Crippen LogP contribution in [0.1, 0.15) is 5.56 Å². The van der Waals surface area contributed by atoms with Gasteiger partial charge in [0.1, 0.15) is 5.82 Å². The smallest absolute Gasteiger partial charge is 0.165 e. The van der Waals surface area contributed by atoms with Crippen LogP contribution in [-0.2, 0) is 0 Å². The molecule has 0 fully saturated rings. The van der Waals surface area contributed by atoms with Crippen LogP contribution in [0.15, 0.2) is 18.2 Å². The lowest BCUT2D eigenvalue weighted by Crippen LogP contribution is -1.90. The first kappa shape index (κ1) is 10.5. The molecule has 0 spiro atoms. The quantitative estimate of drug-likeness (QED) is 0.816. The summed E-state index contributed by atoms with van der Waals surface area (Å²) >= 11 is 0. The Morgan fingerprint density at radius 1 is 1.44 bits per heavy atom. The fourth-order valence-electron chi connectivity index (χ4n) is 1.51. The lowest BCUT2D eigenvalue weighted by molar-refractivity contribution is 0.386. The first-order valence-corrected chi connectivity index (χ1v) is 4.78.